The molecule has 3 rings (SSSR count). The molecular weight excluding hydrogens is 334 g/mol. The lowest BCUT2D eigenvalue weighted by atomic mass is 9.87. The molecule has 0 spiro atoms. The summed E-state index contributed by atoms with van der Waals surface area (Å²) in [7, 11) is 0. The van der Waals surface area contributed by atoms with Crippen LogP contribution in [0.25, 0.3) is 0 Å². The lowest BCUT2D eigenvalue weighted by Crippen LogP contribution is -2.41. The Bertz CT molecular complexity index is 711. The molecule has 1 unspecified atom stereocenters. The highest BCUT2D eigenvalue weighted by Gasteiger charge is 2.26. The number of carbonyl (C=O) groups excluding carboxylic acids is 1. The molecule has 1 aliphatic rings. The maximum Gasteiger partial charge on any atom is 0.223 e. The summed E-state index contributed by atoms with van der Waals surface area (Å²) in [5.41, 5.74) is 2.37. The van der Waals surface area contributed by atoms with Crippen LogP contribution < -0.4 is 0 Å². The molecule has 1 amide bonds. The van der Waals surface area contributed by atoms with Crippen LogP contribution in [0.1, 0.15) is 36.3 Å². The minimum absolute atomic E-state index is 0.0815. The van der Waals surface area contributed by atoms with E-state index in [1.165, 1.54) is 11.1 Å². The fourth-order valence-corrected chi connectivity index (χ4v) is 3.81. The van der Waals surface area contributed by atoms with E-state index in [1.807, 2.05) is 41.3 Å². The van der Waals surface area contributed by atoms with E-state index in [9.17, 15) is 4.79 Å². The Kier molecular flexibility index (Phi) is 7.07. The monoisotopic (exact) mass is 361 g/mol. The van der Waals surface area contributed by atoms with Gasteiger partial charge >= 0.3 is 0 Å². The Hall–Kier alpha value is -2.57. The number of likely N-dealkylation sites (tertiary alicyclic amines) is 1. The Morgan fingerprint density at radius 2 is 1.74 bits per heavy atom. The molecule has 2 aromatic rings. The number of nitrogens with zero attached hydrogens (tertiary/aromatic N) is 1. The summed E-state index contributed by atoms with van der Waals surface area (Å²) in [6, 6.07) is 20.6. The predicted molar refractivity (Wildman–Crippen MR) is 108 cm³/mol. The Labute approximate surface area is 162 Å². The van der Waals surface area contributed by atoms with Crippen LogP contribution in [0.3, 0.4) is 0 Å². The maximum atomic E-state index is 13.1. The van der Waals surface area contributed by atoms with E-state index in [4.69, 9.17) is 11.2 Å². The van der Waals surface area contributed by atoms with Gasteiger partial charge in [-0.05, 0) is 29.9 Å². The summed E-state index contributed by atoms with van der Waals surface area (Å²) < 4.78 is 5.50. The summed E-state index contributed by atoms with van der Waals surface area (Å²) in [6.07, 6.45) is 7.85. The number of carbonyl (C=O) groups is 1. The van der Waals surface area contributed by atoms with Gasteiger partial charge in [-0.3, -0.25) is 4.79 Å². The van der Waals surface area contributed by atoms with E-state index in [0.29, 0.717) is 25.6 Å². The van der Waals surface area contributed by atoms with Gasteiger partial charge in [-0.25, -0.2) is 0 Å². The van der Waals surface area contributed by atoms with Crippen molar-refractivity contribution in [1.82, 2.24) is 4.90 Å². The zero-order chi connectivity index (χ0) is 18.9. The second kappa shape index (κ2) is 9.94. The molecular formula is C24H27NO2. The first-order valence-corrected chi connectivity index (χ1v) is 9.67. The van der Waals surface area contributed by atoms with Gasteiger partial charge in [0.15, 0.2) is 0 Å². The van der Waals surface area contributed by atoms with E-state index in [2.05, 4.69) is 30.2 Å². The van der Waals surface area contributed by atoms with Crippen LogP contribution in [0.5, 0.6) is 0 Å². The summed E-state index contributed by atoms with van der Waals surface area (Å²) in [5, 5.41) is 0. The molecule has 27 heavy (non-hydrogen) atoms. The van der Waals surface area contributed by atoms with Gasteiger partial charge in [-0.2, -0.15) is 0 Å². The second-order valence-corrected chi connectivity index (χ2v) is 7.15. The molecule has 0 aromatic heterocycles. The number of ether oxygens (including phenoxy) is 1. The SMILES string of the molecule is C#CCOCC1CCCN(C(=O)CC(c2ccccc2)c2ccccc2)C1. The van der Waals surface area contributed by atoms with Gasteiger partial charge < -0.3 is 9.64 Å². The normalized spacial score (nSPS) is 16.9. The molecule has 0 N–H and O–H groups in total. The van der Waals surface area contributed by atoms with Crippen LogP contribution in [0.4, 0.5) is 0 Å². The van der Waals surface area contributed by atoms with E-state index in [1.54, 1.807) is 0 Å². The van der Waals surface area contributed by atoms with E-state index in [-0.39, 0.29) is 11.8 Å². The summed E-state index contributed by atoms with van der Waals surface area (Å²) in [4.78, 5) is 15.1. The van der Waals surface area contributed by atoms with Crippen molar-refractivity contribution < 1.29 is 9.53 Å². The Balaban J connectivity index is 1.68. The van der Waals surface area contributed by atoms with Crippen molar-refractivity contribution in [2.24, 2.45) is 5.92 Å². The molecule has 0 bridgehead atoms. The highest BCUT2D eigenvalue weighted by atomic mass is 16.5. The van der Waals surface area contributed by atoms with Crippen molar-refractivity contribution in [3.63, 3.8) is 0 Å². The number of rotatable bonds is 7. The van der Waals surface area contributed by atoms with Gasteiger partial charge in [0.25, 0.3) is 0 Å². The van der Waals surface area contributed by atoms with Crippen LogP contribution in [-0.2, 0) is 9.53 Å². The van der Waals surface area contributed by atoms with Crippen molar-refractivity contribution in [2.45, 2.75) is 25.2 Å². The van der Waals surface area contributed by atoms with Crippen molar-refractivity contribution in [1.29, 1.82) is 0 Å². The fraction of sp³-hybridized carbons (Fsp3) is 0.375. The molecule has 3 heteroatoms. The minimum atomic E-state index is 0.0815. The molecule has 1 aliphatic heterocycles. The zero-order valence-electron chi connectivity index (χ0n) is 15.7. The van der Waals surface area contributed by atoms with E-state index < -0.39 is 0 Å². The third-order valence-electron chi connectivity index (χ3n) is 5.19. The van der Waals surface area contributed by atoms with Crippen molar-refractivity contribution in [2.75, 3.05) is 26.3 Å². The first-order chi connectivity index (χ1) is 13.3. The van der Waals surface area contributed by atoms with Gasteiger partial charge in [-0.1, -0.05) is 66.6 Å². The van der Waals surface area contributed by atoms with Crippen LogP contribution in [0.15, 0.2) is 60.7 Å². The summed E-state index contributed by atoms with van der Waals surface area (Å²) >= 11 is 0. The average molecular weight is 361 g/mol. The quantitative estimate of drug-likeness (QED) is 0.549. The standard InChI is InChI=1S/C24H27NO2/c1-2-16-27-19-20-10-9-15-25(18-20)24(26)17-23(21-11-5-3-6-12-21)22-13-7-4-8-14-22/h1,3-8,11-14,20,23H,9-10,15-19H2. The number of piperidine rings is 1. The molecule has 1 atom stereocenters. The molecule has 140 valence electrons. The summed E-state index contributed by atoms with van der Waals surface area (Å²) in [5.74, 6) is 3.18. The smallest absolute Gasteiger partial charge is 0.223 e. The average Bonchev–Trinajstić information content (AvgIpc) is 2.73. The first kappa shape index (κ1) is 19.2. The van der Waals surface area contributed by atoms with Gasteiger partial charge in [0.1, 0.15) is 6.61 Å². The summed E-state index contributed by atoms with van der Waals surface area (Å²) in [6.45, 7) is 2.57. The van der Waals surface area contributed by atoms with Gasteiger partial charge in [-0.15, -0.1) is 6.42 Å². The number of terminal acetylenes is 1. The lowest BCUT2D eigenvalue weighted by Gasteiger charge is -2.33. The van der Waals surface area contributed by atoms with Crippen LogP contribution in [0, 0.1) is 18.3 Å². The topological polar surface area (TPSA) is 29.5 Å². The van der Waals surface area contributed by atoms with E-state index in [0.717, 1.165) is 25.9 Å². The molecule has 0 saturated carbocycles. The van der Waals surface area contributed by atoms with Crippen LogP contribution in [-0.4, -0.2) is 37.1 Å². The molecule has 1 heterocycles. The largest absolute Gasteiger partial charge is 0.368 e. The highest BCUT2D eigenvalue weighted by molar-refractivity contribution is 5.78. The van der Waals surface area contributed by atoms with Crippen molar-refractivity contribution >= 4 is 5.91 Å². The Morgan fingerprint density at radius 1 is 1.11 bits per heavy atom. The molecule has 3 nitrogen and oxygen atoms in total. The predicted octanol–water partition coefficient (Wildman–Crippen LogP) is 4.10. The fourth-order valence-electron chi connectivity index (χ4n) is 3.81. The first-order valence-electron chi connectivity index (χ1n) is 9.67. The highest BCUT2D eigenvalue weighted by Crippen LogP contribution is 2.29. The van der Waals surface area contributed by atoms with E-state index >= 15 is 0 Å². The van der Waals surface area contributed by atoms with Gasteiger partial charge in [0.05, 0.1) is 6.61 Å². The molecule has 0 radical (unpaired) electrons. The van der Waals surface area contributed by atoms with Crippen molar-refractivity contribution in [3.05, 3.63) is 71.8 Å². The van der Waals surface area contributed by atoms with Gasteiger partial charge in [0, 0.05) is 25.4 Å². The molecule has 2 aromatic carbocycles. The number of hydrogen-bond acceptors (Lipinski definition) is 2. The van der Waals surface area contributed by atoms with Crippen molar-refractivity contribution in [3.8, 4) is 12.3 Å². The number of benzene rings is 2. The third-order valence-corrected chi connectivity index (χ3v) is 5.19. The minimum Gasteiger partial charge on any atom is -0.368 e. The number of hydrogen-bond donors (Lipinski definition) is 0. The lowest BCUT2D eigenvalue weighted by molar-refractivity contribution is -0.133. The molecule has 1 saturated heterocycles. The second-order valence-electron chi connectivity index (χ2n) is 7.15. The molecule has 0 aliphatic carbocycles. The Morgan fingerprint density at radius 3 is 2.33 bits per heavy atom. The van der Waals surface area contributed by atoms with Crippen LogP contribution >= 0.6 is 0 Å². The van der Waals surface area contributed by atoms with Gasteiger partial charge in [0.2, 0.25) is 5.91 Å². The number of amides is 1. The third kappa shape index (κ3) is 5.45. The van der Waals surface area contributed by atoms with Crippen LogP contribution in [0.2, 0.25) is 0 Å². The zero-order valence-corrected chi connectivity index (χ0v) is 15.7. The molecule has 1 fully saturated rings. The maximum absolute atomic E-state index is 13.1.